The van der Waals surface area contributed by atoms with E-state index in [1.165, 1.54) is 32.1 Å². The number of carboxylic acid groups (broad SMARTS) is 1. The van der Waals surface area contributed by atoms with Crippen LogP contribution in [0.2, 0.25) is 0 Å². The van der Waals surface area contributed by atoms with Crippen LogP contribution in [0, 0.1) is 28.6 Å². The highest BCUT2D eigenvalue weighted by molar-refractivity contribution is 5.80. The first kappa shape index (κ1) is 23.3. The van der Waals surface area contributed by atoms with Gasteiger partial charge in [0.15, 0.2) is 0 Å². The van der Waals surface area contributed by atoms with Crippen LogP contribution in [0.25, 0.3) is 0 Å². The smallest absolute Gasteiger partial charge is 0.379 e. The number of fused-ring (bicyclic) bond motifs is 2. The number of nitrogens with zero attached hydrogens (tertiary/aromatic N) is 1. The zero-order valence-corrected chi connectivity index (χ0v) is 15.9. The van der Waals surface area contributed by atoms with Crippen molar-refractivity contribution in [3.05, 3.63) is 17.6 Å². The number of hydrogen-bond donors (Lipinski definition) is 2. The number of nitroso groups, excluding NO2 is 1. The Bertz CT molecular complexity index is 412. The first-order chi connectivity index (χ1) is 11.8. The summed E-state index contributed by atoms with van der Waals surface area (Å²) in [5.74, 6) is 2.99. The maximum atomic E-state index is 9.86. The van der Waals surface area contributed by atoms with Gasteiger partial charge in [0.25, 0.3) is 0 Å². The molecule has 0 aromatic carbocycles. The lowest BCUT2D eigenvalue weighted by Gasteiger charge is -2.47. The molecular weight excluding hydrogens is 320 g/mol. The molecule has 3 aliphatic rings. The molecule has 0 radical (unpaired) electrons. The fraction of sp³-hybridized carbons (Fsp3) is 0.789. The van der Waals surface area contributed by atoms with Gasteiger partial charge in [0.2, 0.25) is 0 Å². The maximum Gasteiger partial charge on any atom is 0.379 e. The van der Waals surface area contributed by atoms with Gasteiger partial charge in [-0.2, -0.15) is 0 Å². The molecule has 25 heavy (non-hydrogen) atoms. The minimum Gasteiger partial charge on any atom is -0.480 e. The van der Waals surface area contributed by atoms with Crippen LogP contribution in [0.1, 0.15) is 65.7 Å². The number of carbonyl (C=O) groups excluding carboxylic acids is 1. The van der Waals surface area contributed by atoms with Crippen LogP contribution in [0.4, 0.5) is 4.79 Å². The standard InChI is InChI=1S/C12H20.C4H10.C3H4N2O4/c1-2-3-4-5-11-7-6-10-8-12(11)9-10;1-4(2)3;6-2(7)1-4-3(8)5-9/h2,10-12H,1,3-9H2;4H,1-3H3;1H2,(H,4,8)(H,6,7). The van der Waals surface area contributed by atoms with Crippen molar-refractivity contribution in [3.8, 4) is 0 Å². The molecule has 0 aliphatic heterocycles. The van der Waals surface area contributed by atoms with Gasteiger partial charge < -0.3 is 10.4 Å². The second kappa shape index (κ2) is 13.6. The molecule has 3 aliphatic carbocycles. The molecule has 3 fully saturated rings. The maximum absolute atomic E-state index is 9.86. The molecule has 0 saturated heterocycles. The van der Waals surface area contributed by atoms with Gasteiger partial charge in [-0.1, -0.05) is 33.3 Å². The number of amides is 2. The molecule has 1 unspecified atom stereocenters. The monoisotopic (exact) mass is 354 g/mol. The molecule has 144 valence electrons. The molecule has 0 aromatic heterocycles. The Morgan fingerprint density at radius 1 is 1.28 bits per heavy atom. The van der Waals surface area contributed by atoms with E-state index in [1.807, 2.05) is 5.18 Å². The normalized spacial score (nSPS) is 23.0. The first-order valence-electron chi connectivity index (χ1n) is 9.23. The van der Waals surface area contributed by atoms with Crippen molar-refractivity contribution >= 4 is 12.0 Å². The van der Waals surface area contributed by atoms with Gasteiger partial charge in [-0.05, 0) is 62.2 Å². The fourth-order valence-corrected chi connectivity index (χ4v) is 3.18. The van der Waals surface area contributed by atoms with Gasteiger partial charge in [-0.25, -0.2) is 4.79 Å². The molecule has 6 nitrogen and oxygen atoms in total. The summed E-state index contributed by atoms with van der Waals surface area (Å²) in [5.41, 5.74) is 0. The zero-order chi connectivity index (χ0) is 19.2. The number of unbranched alkanes of at least 4 members (excludes halogenated alkanes) is 1. The van der Waals surface area contributed by atoms with Gasteiger partial charge in [-0.15, -0.1) is 11.5 Å². The van der Waals surface area contributed by atoms with Gasteiger partial charge in [-0.3, -0.25) is 4.79 Å². The average Bonchev–Trinajstić information content (AvgIpc) is 2.52. The van der Waals surface area contributed by atoms with E-state index < -0.39 is 18.5 Å². The van der Waals surface area contributed by atoms with E-state index in [9.17, 15) is 14.5 Å². The lowest BCUT2D eigenvalue weighted by atomic mass is 9.59. The van der Waals surface area contributed by atoms with Gasteiger partial charge in [0.05, 0.1) is 0 Å². The Morgan fingerprint density at radius 3 is 2.28 bits per heavy atom. The second-order valence-corrected chi connectivity index (χ2v) is 7.53. The van der Waals surface area contributed by atoms with Crippen molar-refractivity contribution in [2.24, 2.45) is 28.8 Å². The highest BCUT2D eigenvalue weighted by atomic mass is 16.4. The van der Waals surface area contributed by atoms with E-state index in [-0.39, 0.29) is 0 Å². The van der Waals surface area contributed by atoms with Crippen LogP contribution in [-0.2, 0) is 4.79 Å². The van der Waals surface area contributed by atoms with Crippen molar-refractivity contribution in [2.75, 3.05) is 6.54 Å². The molecule has 0 spiro atoms. The number of urea groups is 1. The molecule has 1 atom stereocenters. The predicted octanol–water partition coefficient (Wildman–Crippen LogP) is 4.99. The lowest BCUT2D eigenvalue weighted by molar-refractivity contribution is -0.135. The summed E-state index contributed by atoms with van der Waals surface area (Å²) < 4.78 is 0. The third-order valence-corrected chi connectivity index (χ3v) is 4.34. The number of carboxylic acids is 1. The van der Waals surface area contributed by atoms with Crippen molar-refractivity contribution in [3.63, 3.8) is 0 Å². The van der Waals surface area contributed by atoms with Crippen molar-refractivity contribution in [1.29, 1.82) is 0 Å². The lowest BCUT2D eigenvalue weighted by Crippen LogP contribution is -2.36. The Morgan fingerprint density at radius 2 is 1.88 bits per heavy atom. The first-order valence-corrected chi connectivity index (χ1v) is 9.23. The molecule has 2 N–H and O–H groups in total. The van der Waals surface area contributed by atoms with E-state index in [1.54, 1.807) is 18.2 Å². The van der Waals surface area contributed by atoms with E-state index in [4.69, 9.17) is 5.11 Å². The summed E-state index contributed by atoms with van der Waals surface area (Å²) in [5, 5.41) is 11.5. The largest absolute Gasteiger partial charge is 0.480 e. The number of carbonyl (C=O) groups is 2. The van der Waals surface area contributed by atoms with E-state index in [0.717, 1.165) is 23.7 Å². The minimum absolute atomic E-state index is 0.579. The fourth-order valence-electron chi connectivity index (χ4n) is 3.18. The van der Waals surface area contributed by atoms with E-state index in [2.05, 4.69) is 33.4 Å². The zero-order valence-electron chi connectivity index (χ0n) is 15.9. The average molecular weight is 354 g/mol. The van der Waals surface area contributed by atoms with Crippen LogP contribution in [-0.4, -0.2) is 23.7 Å². The minimum atomic E-state index is -1.22. The Hall–Kier alpha value is -1.72. The van der Waals surface area contributed by atoms with Crippen LogP contribution in [0.15, 0.2) is 17.8 Å². The molecule has 3 rings (SSSR count). The van der Waals surface area contributed by atoms with Gasteiger partial charge >= 0.3 is 12.0 Å². The number of hydrogen-bond acceptors (Lipinski definition) is 3. The van der Waals surface area contributed by atoms with Crippen LogP contribution < -0.4 is 5.32 Å². The molecular formula is C19H34N2O4. The SMILES string of the molecule is C=CCCCC1CCC2CC1C2.CC(C)C.O=NC(=O)NCC(=O)O. The Kier molecular flexibility index (Phi) is 12.6. The summed E-state index contributed by atoms with van der Waals surface area (Å²) in [7, 11) is 0. The molecule has 0 heterocycles. The number of aliphatic carboxylic acids is 1. The second-order valence-electron chi connectivity index (χ2n) is 7.53. The number of rotatable bonds is 6. The third-order valence-electron chi connectivity index (χ3n) is 4.34. The van der Waals surface area contributed by atoms with E-state index in [0.29, 0.717) is 0 Å². The van der Waals surface area contributed by atoms with Gasteiger partial charge in [0, 0.05) is 5.18 Å². The van der Waals surface area contributed by atoms with Crippen LogP contribution in [0.5, 0.6) is 0 Å². The summed E-state index contributed by atoms with van der Waals surface area (Å²) in [4.78, 5) is 28.8. The molecule has 3 saturated carbocycles. The van der Waals surface area contributed by atoms with E-state index >= 15 is 0 Å². The highest BCUT2D eigenvalue weighted by Crippen LogP contribution is 2.50. The third kappa shape index (κ3) is 12.3. The number of nitrogens with one attached hydrogen (secondary N) is 1. The Labute approximate surface area is 151 Å². The quantitative estimate of drug-likeness (QED) is 0.399. The van der Waals surface area contributed by atoms with Crippen molar-refractivity contribution < 1.29 is 14.7 Å². The summed E-state index contributed by atoms with van der Waals surface area (Å²) in [6.07, 6.45) is 12.4. The van der Waals surface area contributed by atoms with Crippen LogP contribution in [0.3, 0.4) is 0 Å². The topological polar surface area (TPSA) is 95.8 Å². The molecule has 0 aromatic rings. The summed E-state index contributed by atoms with van der Waals surface area (Å²) in [6.45, 7) is 9.69. The van der Waals surface area contributed by atoms with Crippen molar-refractivity contribution in [1.82, 2.24) is 5.32 Å². The predicted molar refractivity (Wildman–Crippen MR) is 100 cm³/mol. The van der Waals surface area contributed by atoms with Crippen molar-refractivity contribution in [2.45, 2.75) is 65.7 Å². The van der Waals surface area contributed by atoms with Gasteiger partial charge in [0.1, 0.15) is 6.54 Å². The number of allylic oxidation sites excluding steroid dienone is 1. The Balaban J connectivity index is 0.000000394. The molecule has 2 amide bonds. The van der Waals surface area contributed by atoms with Crippen LogP contribution >= 0.6 is 0 Å². The summed E-state index contributed by atoms with van der Waals surface area (Å²) in [6, 6.07) is -1.17. The highest BCUT2D eigenvalue weighted by Gasteiger charge is 2.38. The molecule has 6 heteroatoms. The summed E-state index contributed by atoms with van der Waals surface area (Å²) >= 11 is 0. The molecule has 2 bridgehead atoms.